The fourth-order valence-corrected chi connectivity index (χ4v) is 4.46. The molecule has 33 heavy (non-hydrogen) atoms. The van der Waals surface area contributed by atoms with Crippen LogP contribution in [0.1, 0.15) is 29.5 Å². The summed E-state index contributed by atoms with van der Waals surface area (Å²) in [6.07, 6.45) is 5.35. The van der Waals surface area contributed by atoms with Crippen LogP contribution in [0.2, 0.25) is 5.02 Å². The first-order valence-electron chi connectivity index (χ1n) is 11.4. The van der Waals surface area contributed by atoms with Gasteiger partial charge < -0.3 is 14.6 Å². The standard InChI is InChI=1S/C26H32ClN3O3/c1-20-14-24(15-21(2)25(20)27)33-19-26(31)8-4-10-29(18-26)17-22-6-3-7-23(16-22)32-13-12-30-11-5-9-28-30/h3,5-7,9,11,14-16,31H,4,8,10,12-13,17-19H2,1-2H3/t26-/m1/s1. The highest BCUT2D eigenvalue weighted by Crippen LogP contribution is 2.28. The molecule has 0 aliphatic carbocycles. The predicted molar refractivity (Wildman–Crippen MR) is 130 cm³/mol. The Kier molecular flexibility index (Phi) is 7.58. The number of benzene rings is 2. The van der Waals surface area contributed by atoms with Crippen molar-refractivity contribution in [2.75, 3.05) is 26.3 Å². The van der Waals surface area contributed by atoms with Gasteiger partial charge in [0, 0.05) is 30.5 Å². The molecule has 0 bridgehead atoms. The number of nitrogens with zero attached hydrogens (tertiary/aromatic N) is 3. The van der Waals surface area contributed by atoms with Crippen LogP contribution in [0.3, 0.4) is 0 Å². The summed E-state index contributed by atoms with van der Waals surface area (Å²) in [4.78, 5) is 2.29. The van der Waals surface area contributed by atoms with E-state index in [-0.39, 0.29) is 6.61 Å². The second kappa shape index (κ2) is 10.6. The molecule has 0 unspecified atom stereocenters. The quantitative estimate of drug-likeness (QED) is 0.494. The molecule has 1 atom stereocenters. The second-order valence-electron chi connectivity index (χ2n) is 8.96. The minimum Gasteiger partial charge on any atom is -0.492 e. The third-order valence-electron chi connectivity index (χ3n) is 6.00. The zero-order valence-corrected chi connectivity index (χ0v) is 20.1. The van der Waals surface area contributed by atoms with Gasteiger partial charge in [0.2, 0.25) is 0 Å². The van der Waals surface area contributed by atoms with E-state index in [1.165, 1.54) is 5.56 Å². The van der Waals surface area contributed by atoms with Gasteiger partial charge in [-0.15, -0.1) is 0 Å². The highest BCUT2D eigenvalue weighted by molar-refractivity contribution is 6.32. The third-order valence-corrected chi connectivity index (χ3v) is 6.60. The lowest BCUT2D eigenvalue weighted by atomic mass is 9.93. The molecule has 1 fully saturated rings. The summed E-state index contributed by atoms with van der Waals surface area (Å²) in [5.41, 5.74) is 2.25. The van der Waals surface area contributed by atoms with Crippen molar-refractivity contribution in [1.82, 2.24) is 14.7 Å². The fraction of sp³-hybridized carbons (Fsp3) is 0.423. The van der Waals surface area contributed by atoms with Crippen molar-refractivity contribution >= 4 is 11.6 Å². The van der Waals surface area contributed by atoms with Crippen molar-refractivity contribution in [2.45, 2.75) is 45.4 Å². The molecule has 3 aromatic rings. The molecule has 2 aromatic carbocycles. The zero-order valence-electron chi connectivity index (χ0n) is 19.3. The number of piperidine rings is 1. The zero-order chi connectivity index (χ0) is 23.3. The Morgan fingerprint density at radius 1 is 1.09 bits per heavy atom. The van der Waals surface area contributed by atoms with E-state index in [1.54, 1.807) is 6.20 Å². The molecule has 4 rings (SSSR count). The average Bonchev–Trinajstić information content (AvgIpc) is 3.30. The first-order chi connectivity index (χ1) is 15.9. The van der Waals surface area contributed by atoms with Gasteiger partial charge in [-0.1, -0.05) is 23.7 Å². The van der Waals surface area contributed by atoms with E-state index < -0.39 is 5.60 Å². The molecule has 6 nitrogen and oxygen atoms in total. The third kappa shape index (κ3) is 6.50. The number of halogens is 1. The molecule has 1 aromatic heterocycles. The number of aryl methyl sites for hydroxylation is 2. The maximum absolute atomic E-state index is 11.2. The van der Waals surface area contributed by atoms with E-state index in [9.17, 15) is 5.11 Å². The predicted octanol–water partition coefficient (Wildman–Crippen LogP) is 4.64. The summed E-state index contributed by atoms with van der Waals surface area (Å²) in [7, 11) is 0. The second-order valence-corrected chi connectivity index (χ2v) is 9.34. The molecule has 7 heteroatoms. The van der Waals surface area contributed by atoms with Gasteiger partial charge in [-0.3, -0.25) is 9.58 Å². The van der Waals surface area contributed by atoms with E-state index in [1.807, 2.05) is 55.1 Å². The minimum absolute atomic E-state index is 0.264. The first kappa shape index (κ1) is 23.6. The Morgan fingerprint density at radius 3 is 2.67 bits per heavy atom. The van der Waals surface area contributed by atoms with Crippen molar-refractivity contribution in [3.05, 3.63) is 76.6 Å². The van der Waals surface area contributed by atoms with E-state index in [2.05, 4.69) is 22.1 Å². The lowest BCUT2D eigenvalue weighted by Crippen LogP contribution is -2.51. The number of hydrogen-bond donors (Lipinski definition) is 1. The summed E-state index contributed by atoms with van der Waals surface area (Å²) in [6.45, 7) is 7.76. The van der Waals surface area contributed by atoms with Crippen molar-refractivity contribution in [2.24, 2.45) is 0 Å². The smallest absolute Gasteiger partial charge is 0.120 e. The minimum atomic E-state index is -0.877. The lowest BCUT2D eigenvalue weighted by molar-refractivity contribution is -0.0621. The normalized spacial score (nSPS) is 18.9. The van der Waals surface area contributed by atoms with Crippen LogP contribution in [0.4, 0.5) is 0 Å². The van der Waals surface area contributed by atoms with Gasteiger partial charge in [0.1, 0.15) is 30.3 Å². The highest BCUT2D eigenvalue weighted by Gasteiger charge is 2.34. The van der Waals surface area contributed by atoms with Crippen molar-refractivity contribution < 1.29 is 14.6 Å². The molecule has 2 heterocycles. The maximum atomic E-state index is 11.2. The van der Waals surface area contributed by atoms with Crippen LogP contribution in [0, 0.1) is 13.8 Å². The van der Waals surface area contributed by atoms with Crippen molar-refractivity contribution in [3.8, 4) is 11.5 Å². The molecular weight excluding hydrogens is 438 g/mol. The Balaban J connectivity index is 1.30. The molecule has 0 radical (unpaired) electrons. The van der Waals surface area contributed by atoms with Gasteiger partial charge in [-0.25, -0.2) is 0 Å². The Hall–Kier alpha value is -2.54. The summed E-state index contributed by atoms with van der Waals surface area (Å²) in [6, 6.07) is 13.9. The molecule has 0 amide bonds. The van der Waals surface area contributed by atoms with Crippen LogP contribution in [-0.4, -0.2) is 51.7 Å². The maximum Gasteiger partial charge on any atom is 0.120 e. The number of aromatic nitrogens is 2. The van der Waals surface area contributed by atoms with E-state index in [4.69, 9.17) is 21.1 Å². The summed E-state index contributed by atoms with van der Waals surface area (Å²) < 4.78 is 13.8. The van der Waals surface area contributed by atoms with Gasteiger partial charge in [0.25, 0.3) is 0 Å². The molecule has 1 aliphatic rings. The Labute approximate surface area is 200 Å². The van der Waals surface area contributed by atoms with Crippen molar-refractivity contribution in [3.63, 3.8) is 0 Å². The van der Waals surface area contributed by atoms with Crippen LogP contribution in [0.15, 0.2) is 54.9 Å². The lowest BCUT2D eigenvalue weighted by Gasteiger charge is -2.39. The van der Waals surface area contributed by atoms with Crippen LogP contribution in [0.25, 0.3) is 0 Å². The number of rotatable bonds is 9. The van der Waals surface area contributed by atoms with E-state index >= 15 is 0 Å². The van der Waals surface area contributed by atoms with Crippen LogP contribution in [0.5, 0.6) is 11.5 Å². The van der Waals surface area contributed by atoms with Gasteiger partial charge >= 0.3 is 0 Å². The number of β-amino-alcohol motifs (C(OH)–C–C–N with tert-alkyl or cyclic N) is 1. The van der Waals surface area contributed by atoms with Gasteiger partial charge in [-0.05, 0) is 80.3 Å². The molecule has 1 aliphatic heterocycles. The molecule has 0 saturated carbocycles. The molecule has 0 spiro atoms. The number of hydrogen-bond acceptors (Lipinski definition) is 5. The van der Waals surface area contributed by atoms with Gasteiger partial charge in [-0.2, -0.15) is 5.10 Å². The summed E-state index contributed by atoms with van der Waals surface area (Å²) in [5, 5.41) is 16.2. The Morgan fingerprint density at radius 2 is 1.91 bits per heavy atom. The van der Waals surface area contributed by atoms with Gasteiger partial charge in [0.15, 0.2) is 0 Å². The average molecular weight is 470 g/mol. The number of likely N-dealkylation sites (tertiary alicyclic amines) is 1. The number of aliphatic hydroxyl groups is 1. The van der Waals surface area contributed by atoms with Crippen LogP contribution >= 0.6 is 11.6 Å². The van der Waals surface area contributed by atoms with Gasteiger partial charge in [0.05, 0.1) is 6.54 Å². The van der Waals surface area contributed by atoms with E-state index in [0.717, 1.165) is 53.6 Å². The molecule has 1 N–H and O–H groups in total. The largest absolute Gasteiger partial charge is 0.492 e. The van der Waals surface area contributed by atoms with Crippen molar-refractivity contribution in [1.29, 1.82) is 0 Å². The van der Waals surface area contributed by atoms with Crippen LogP contribution in [-0.2, 0) is 13.1 Å². The highest BCUT2D eigenvalue weighted by atomic mass is 35.5. The Bertz CT molecular complexity index is 1030. The monoisotopic (exact) mass is 469 g/mol. The summed E-state index contributed by atoms with van der Waals surface area (Å²) in [5.74, 6) is 1.60. The van der Waals surface area contributed by atoms with Crippen LogP contribution < -0.4 is 9.47 Å². The number of ether oxygens (including phenoxy) is 2. The van der Waals surface area contributed by atoms with E-state index in [0.29, 0.717) is 19.7 Å². The molecular formula is C26H32ClN3O3. The summed E-state index contributed by atoms with van der Waals surface area (Å²) >= 11 is 6.26. The topological polar surface area (TPSA) is 59.8 Å². The fourth-order valence-electron chi connectivity index (χ4n) is 4.35. The first-order valence-corrected chi connectivity index (χ1v) is 11.8. The molecule has 176 valence electrons. The SMILES string of the molecule is Cc1cc(OC[C@@]2(O)CCCN(Cc3cccc(OCCn4cccn4)c3)C2)cc(C)c1Cl. The molecule has 1 saturated heterocycles.